The van der Waals surface area contributed by atoms with Crippen LogP contribution < -0.4 is 10.6 Å². The van der Waals surface area contributed by atoms with Crippen LogP contribution in [0.1, 0.15) is 23.2 Å². The first kappa shape index (κ1) is 26.5. The van der Waals surface area contributed by atoms with Crippen LogP contribution in [0.2, 0.25) is 5.02 Å². The summed E-state index contributed by atoms with van der Waals surface area (Å²) in [6.45, 7) is 5.04. The van der Waals surface area contributed by atoms with Crippen molar-refractivity contribution in [3.05, 3.63) is 53.1 Å². The number of likely N-dealkylation sites (N-methyl/N-ethyl adjacent to an activating group) is 1. The molecule has 9 nitrogen and oxygen atoms in total. The molecule has 2 aromatic carbocycles. The molecule has 3 aromatic rings. The predicted molar refractivity (Wildman–Crippen MR) is 143 cm³/mol. The number of hydrogen-bond donors (Lipinski definition) is 2. The Kier molecular flexibility index (Phi) is 8.58. The molecule has 192 valence electrons. The molecule has 0 aliphatic carbocycles. The molecule has 3 amide bonds. The van der Waals surface area contributed by atoms with E-state index in [2.05, 4.69) is 32.5 Å². The Morgan fingerprint density at radius 1 is 1.08 bits per heavy atom. The zero-order valence-corrected chi connectivity index (χ0v) is 22.3. The minimum absolute atomic E-state index is 0.0860. The summed E-state index contributed by atoms with van der Waals surface area (Å²) in [4.78, 5) is 33.7. The van der Waals surface area contributed by atoms with Gasteiger partial charge in [-0.2, -0.15) is 0 Å². The molecule has 0 saturated carbocycles. The summed E-state index contributed by atoms with van der Waals surface area (Å²) in [5.74, 6) is -0.553. The molecule has 36 heavy (non-hydrogen) atoms. The number of piperazine rings is 1. The summed E-state index contributed by atoms with van der Waals surface area (Å²) in [5.41, 5.74) is 0.735. The van der Waals surface area contributed by atoms with Gasteiger partial charge in [0.15, 0.2) is 15.0 Å². The fourth-order valence-corrected chi connectivity index (χ4v) is 6.50. The van der Waals surface area contributed by atoms with Crippen molar-refractivity contribution in [2.75, 3.05) is 50.8 Å². The van der Waals surface area contributed by atoms with Gasteiger partial charge < -0.3 is 9.80 Å². The highest BCUT2D eigenvalue weighted by molar-refractivity contribution is 7.91. The molecule has 0 bridgehead atoms. The molecular formula is C24H28ClN5O4S2. The average Bonchev–Trinajstić information content (AvgIpc) is 3.24. The smallest absolute Gasteiger partial charge is 0.304 e. The van der Waals surface area contributed by atoms with Crippen molar-refractivity contribution in [3.63, 3.8) is 0 Å². The normalized spacial score (nSPS) is 15.2. The zero-order chi connectivity index (χ0) is 25.7. The predicted octanol–water partition coefficient (Wildman–Crippen LogP) is 3.71. The Morgan fingerprint density at radius 2 is 1.83 bits per heavy atom. The maximum atomic E-state index is 12.9. The van der Waals surface area contributed by atoms with E-state index in [4.69, 9.17) is 11.6 Å². The number of anilines is 1. The molecular weight excluding hydrogens is 522 g/mol. The van der Waals surface area contributed by atoms with Gasteiger partial charge in [0.05, 0.1) is 31.5 Å². The third-order valence-electron chi connectivity index (χ3n) is 6.02. The van der Waals surface area contributed by atoms with E-state index in [1.165, 1.54) is 6.07 Å². The Labute approximate surface area is 219 Å². The molecule has 0 unspecified atom stereocenters. The first-order valence-electron chi connectivity index (χ1n) is 11.6. The molecule has 0 atom stereocenters. The van der Waals surface area contributed by atoms with Gasteiger partial charge in [-0.15, -0.1) is 0 Å². The third kappa shape index (κ3) is 6.80. The number of fused-ring (bicyclic) bond motifs is 1. The third-order valence-corrected chi connectivity index (χ3v) is 9.08. The lowest BCUT2D eigenvalue weighted by molar-refractivity contribution is 0.0967. The van der Waals surface area contributed by atoms with Crippen LogP contribution in [0, 0.1) is 0 Å². The number of aromatic nitrogens is 1. The topological polar surface area (TPSA) is 112 Å². The van der Waals surface area contributed by atoms with Gasteiger partial charge in [-0.25, -0.2) is 18.2 Å². The van der Waals surface area contributed by atoms with E-state index >= 15 is 0 Å². The number of imide groups is 1. The minimum atomic E-state index is -3.43. The summed E-state index contributed by atoms with van der Waals surface area (Å²) in [6.07, 6.45) is 1.43. The van der Waals surface area contributed by atoms with Crippen molar-refractivity contribution in [2.24, 2.45) is 0 Å². The Bertz CT molecular complexity index is 1350. The molecule has 2 heterocycles. The highest BCUT2D eigenvalue weighted by atomic mass is 35.5. The van der Waals surface area contributed by atoms with E-state index in [1.54, 1.807) is 36.4 Å². The molecule has 0 spiro atoms. The largest absolute Gasteiger partial charge is 0.327 e. The lowest BCUT2D eigenvalue weighted by atomic mass is 10.2. The van der Waals surface area contributed by atoms with E-state index < -0.39 is 21.8 Å². The van der Waals surface area contributed by atoms with Crippen molar-refractivity contribution in [1.82, 2.24) is 20.1 Å². The summed E-state index contributed by atoms with van der Waals surface area (Å²) in [7, 11) is -1.32. The summed E-state index contributed by atoms with van der Waals surface area (Å²) in [5, 5.41) is 5.21. The van der Waals surface area contributed by atoms with E-state index in [0.29, 0.717) is 16.6 Å². The number of carbonyl (C=O) groups is 2. The highest BCUT2D eigenvalue weighted by Crippen LogP contribution is 2.29. The number of halogens is 1. The number of urea groups is 1. The molecule has 1 aliphatic rings. The molecule has 1 aromatic heterocycles. The van der Waals surface area contributed by atoms with Gasteiger partial charge >= 0.3 is 6.03 Å². The monoisotopic (exact) mass is 549 g/mol. The summed E-state index contributed by atoms with van der Waals surface area (Å²) < 4.78 is 26.4. The van der Waals surface area contributed by atoms with Crippen LogP contribution in [0.3, 0.4) is 0 Å². The van der Waals surface area contributed by atoms with Gasteiger partial charge in [0, 0.05) is 26.2 Å². The number of nitrogens with one attached hydrogen (secondary N) is 2. The van der Waals surface area contributed by atoms with E-state index in [0.717, 1.165) is 50.5 Å². The lowest BCUT2D eigenvalue weighted by Gasteiger charge is -2.32. The van der Waals surface area contributed by atoms with Gasteiger partial charge in [-0.3, -0.25) is 15.4 Å². The van der Waals surface area contributed by atoms with E-state index in [1.807, 2.05) is 0 Å². The molecule has 1 saturated heterocycles. The van der Waals surface area contributed by atoms with Crippen molar-refractivity contribution in [1.29, 1.82) is 0 Å². The molecule has 0 radical (unpaired) electrons. The van der Waals surface area contributed by atoms with Crippen LogP contribution in [-0.2, 0) is 9.84 Å². The zero-order valence-electron chi connectivity index (χ0n) is 19.9. The van der Waals surface area contributed by atoms with Crippen molar-refractivity contribution in [3.8, 4) is 0 Å². The number of rotatable bonds is 8. The molecule has 1 fully saturated rings. The van der Waals surface area contributed by atoms with Crippen LogP contribution in [-0.4, -0.2) is 80.7 Å². The van der Waals surface area contributed by atoms with Crippen LogP contribution in [0.15, 0.2) is 47.4 Å². The number of sulfone groups is 1. The Balaban J connectivity index is 1.32. The number of nitrogens with zero attached hydrogens (tertiary/aromatic N) is 3. The number of carbonyl (C=O) groups excluding carboxylic acids is 2. The maximum Gasteiger partial charge on any atom is 0.327 e. The Morgan fingerprint density at radius 3 is 2.58 bits per heavy atom. The van der Waals surface area contributed by atoms with Gasteiger partial charge in [-0.1, -0.05) is 35.1 Å². The fourth-order valence-electron chi connectivity index (χ4n) is 3.91. The first-order valence-corrected chi connectivity index (χ1v) is 14.5. The quantitative estimate of drug-likeness (QED) is 0.412. The Hall–Kier alpha value is -2.57. The number of hydrogen-bond acceptors (Lipinski definition) is 8. The number of thiazole rings is 1. The van der Waals surface area contributed by atoms with Gasteiger partial charge in [0.2, 0.25) is 0 Å². The second-order valence-electron chi connectivity index (χ2n) is 8.71. The minimum Gasteiger partial charge on any atom is -0.304 e. The standard InChI is InChI=1S/C24H28ClN5O4S2/c1-29-11-13-30(14-12-29)10-4-5-15-36(33,34)17-8-9-20-21(16-17)35-24(26-20)28-23(32)27-22(31)18-6-2-3-7-19(18)25/h2-3,6-9,16H,4-5,10-15H2,1H3,(H2,26,27,28,31,32). The van der Waals surface area contributed by atoms with E-state index in [-0.39, 0.29) is 26.4 Å². The number of benzene rings is 2. The van der Waals surface area contributed by atoms with Crippen LogP contribution >= 0.6 is 22.9 Å². The first-order chi connectivity index (χ1) is 17.2. The summed E-state index contributed by atoms with van der Waals surface area (Å²) >= 11 is 7.13. The van der Waals surface area contributed by atoms with Gasteiger partial charge in [0.1, 0.15) is 0 Å². The number of unbranched alkanes of at least 4 members (excludes halogenated alkanes) is 1. The molecule has 4 rings (SSSR count). The van der Waals surface area contributed by atoms with Gasteiger partial charge in [-0.05, 0) is 56.8 Å². The van der Waals surface area contributed by atoms with Crippen molar-refractivity contribution < 1.29 is 18.0 Å². The van der Waals surface area contributed by atoms with Gasteiger partial charge in [0.25, 0.3) is 5.91 Å². The van der Waals surface area contributed by atoms with Crippen LogP contribution in [0.25, 0.3) is 10.2 Å². The van der Waals surface area contributed by atoms with Crippen molar-refractivity contribution >= 4 is 60.1 Å². The highest BCUT2D eigenvalue weighted by Gasteiger charge is 2.19. The molecule has 1 aliphatic heterocycles. The van der Waals surface area contributed by atoms with Crippen LogP contribution in [0.5, 0.6) is 0 Å². The maximum absolute atomic E-state index is 12.9. The number of amides is 3. The van der Waals surface area contributed by atoms with Crippen LogP contribution in [0.4, 0.5) is 9.93 Å². The second kappa shape index (κ2) is 11.7. The lowest BCUT2D eigenvalue weighted by Crippen LogP contribution is -2.44. The second-order valence-corrected chi connectivity index (χ2v) is 12.3. The average molecular weight is 550 g/mol. The van der Waals surface area contributed by atoms with E-state index in [9.17, 15) is 18.0 Å². The summed E-state index contributed by atoms with van der Waals surface area (Å²) in [6, 6.07) is 10.4. The molecule has 2 N–H and O–H groups in total. The SMILES string of the molecule is CN1CCN(CCCCS(=O)(=O)c2ccc3nc(NC(=O)NC(=O)c4ccccc4Cl)sc3c2)CC1. The fraction of sp³-hybridized carbons (Fsp3) is 0.375. The molecule has 12 heteroatoms. The van der Waals surface area contributed by atoms with Crippen molar-refractivity contribution in [2.45, 2.75) is 17.7 Å².